The highest BCUT2D eigenvalue weighted by Gasteiger charge is 2.38. The molecule has 1 N–H and O–H groups in total. The molecule has 2 fully saturated rings. The molecule has 0 bridgehead atoms. The highest BCUT2D eigenvalue weighted by molar-refractivity contribution is 5.66. The lowest BCUT2D eigenvalue weighted by Gasteiger charge is -2.28. The maximum absolute atomic E-state index is 10.5. The predicted octanol–water partition coefficient (Wildman–Crippen LogP) is 1.72. The maximum Gasteiger partial charge on any atom is 0.304 e. The molecule has 0 amide bonds. The average Bonchev–Trinajstić information content (AvgIpc) is 2.98. The Kier molecular flexibility index (Phi) is 2.77. The Morgan fingerprint density at radius 1 is 1.43 bits per heavy atom. The zero-order valence-electron chi connectivity index (χ0n) is 8.78. The van der Waals surface area contributed by atoms with Crippen LogP contribution in [0.1, 0.15) is 39.0 Å². The Balaban J connectivity index is 1.82. The molecule has 0 saturated heterocycles. The summed E-state index contributed by atoms with van der Waals surface area (Å²) in [4.78, 5) is 13.0. The van der Waals surface area contributed by atoms with Crippen LogP contribution in [0.15, 0.2) is 0 Å². The Hall–Kier alpha value is -0.570. The van der Waals surface area contributed by atoms with Crippen LogP contribution in [0.3, 0.4) is 0 Å². The second-order valence-electron chi connectivity index (χ2n) is 4.69. The van der Waals surface area contributed by atoms with Gasteiger partial charge in [-0.1, -0.05) is 0 Å². The number of nitrogens with zero attached hydrogens (tertiary/aromatic N) is 1. The van der Waals surface area contributed by atoms with E-state index in [2.05, 4.69) is 11.8 Å². The molecule has 3 nitrogen and oxygen atoms in total. The summed E-state index contributed by atoms with van der Waals surface area (Å²) in [6.07, 6.45) is 5.54. The quantitative estimate of drug-likeness (QED) is 0.705. The van der Waals surface area contributed by atoms with Crippen molar-refractivity contribution in [3.8, 4) is 0 Å². The third kappa shape index (κ3) is 2.47. The van der Waals surface area contributed by atoms with Crippen molar-refractivity contribution in [3.63, 3.8) is 0 Å². The van der Waals surface area contributed by atoms with E-state index in [1.807, 2.05) is 0 Å². The first kappa shape index (κ1) is 9.97. The molecular formula is C11H19NO2. The summed E-state index contributed by atoms with van der Waals surface area (Å²) >= 11 is 0. The van der Waals surface area contributed by atoms with Crippen LogP contribution < -0.4 is 0 Å². The smallest absolute Gasteiger partial charge is 0.304 e. The predicted molar refractivity (Wildman–Crippen MR) is 54.2 cm³/mol. The summed E-state index contributed by atoms with van der Waals surface area (Å²) in [5.74, 6) is 0.183. The van der Waals surface area contributed by atoms with Gasteiger partial charge in [-0.3, -0.25) is 9.69 Å². The fourth-order valence-electron chi connectivity index (χ4n) is 2.20. The summed E-state index contributed by atoms with van der Waals surface area (Å²) in [5, 5.41) is 8.67. The van der Waals surface area contributed by atoms with Crippen LogP contribution in [-0.4, -0.2) is 34.6 Å². The summed E-state index contributed by atoms with van der Waals surface area (Å²) in [7, 11) is 0. The number of carboxylic acids is 1. The van der Waals surface area contributed by atoms with Crippen LogP contribution >= 0.6 is 0 Å². The molecule has 0 spiro atoms. The molecule has 0 aromatic rings. The molecular weight excluding hydrogens is 178 g/mol. The Labute approximate surface area is 85.1 Å². The van der Waals surface area contributed by atoms with E-state index < -0.39 is 5.97 Å². The fraction of sp³-hybridized carbons (Fsp3) is 0.909. The van der Waals surface area contributed by atoms with Gasteiger partial charge in [0.15, 0.2) is 0 Å². The first-order valence-electron chi connectivity index (χ1n) is 5.66. The summed E-state index contributed by atoms with van der Waals surface area (Å²) in [6.45, 7) is 3.01. The fourth-order valence-corrected chi connectivity index (χ4v) is 2.20. The molecule has 0 heterocycles. The van der Waals surface area contributed by atoms with Gasteiger partial charge in [-0.25, -0.2) is 0 Å². The van der Waals surface area contributed by atoms with Crippen LogP contribution in [0.4, 0.5) is 0 Å². The second-order valence-corrected chi connectivity index (χ2v) is 4.69. The summed E-state index contributed by atoms with van der Waals surface area (Å²) < 4.78 is 0. The zero-order valence-corrected chi connectivity index (χ0v) is 8.78. The van der Waals surface area contributed by atoms with E-state index in [-0.39, 0.29) is 0 Å². The lowest BCUT2D eigenvalue weighted by Crippen LogP contribution is -2.38. The minimum atomic E-state index is -0.668. The molecule has 14 heavy (non-hydrogen) atoms. The molecule has 2 rings (SSSR count). The van der Waals surface area contributed by atoms with Crippen molar-refractivity contribution in [1.29, 1.82) is 0 Å². The highest BCUT2D eigenvalue weighted by atomic mass is 16.4. The van der Waals surface area contributed by atoms with Gasteiger partial charge < -0.3 is 5.11 Å². The zero-order chi connectivity index (χ0) is 10.1. The second kappa shape index (κ2) is 3.89. The Morgan fingerprint density at radius 2 is 2.07 bits per heavy atom. The van der Waals surface area contributed by atoms with E-state index in [0.717, 1.165) is 12.5 Å². The standard InChI is InChI=1S/C11H19NO2/c1-8(9-2-3-9)12(10-4-5-10)7-6-11(13)14/h8-10H,2-7H2,1H3,(H,13,14). The minimum absolute atomic E-state index is 0.299. The number of aliphatic carboxylic acids is 1. The lowest BCUT2D eigenvalue weighted by molar-refractivity contribution is -0.137. The van der Waals surface area contributed by atoms with Crippen LogP contribution in [0.25, 0.3) is 0 Å². The van der Waals surface area contributed by atoms with Crippen molar-refractivity contribution < 1.29 is 9.90 Å². The van der Waals surface area contributed by atoms with E-state index in [0.29, 0.717) is 18.5 Å². The third-order valence-electron chi connectivity index (χ3n) is 3.43. The van der Waals surface area contributed by atoms with Crippen LogP contribution in [-0.2, 0) is 4.79 Å². The summed E-state index contributed by atoms with van der Waals surface area (Å²) in [6, 6.07) is 1.31. The molecule has 1 unspecified atom stereocenters. The van der Waals surface area contributed by atoms with Crippen LogP contribution in [0.5, 0.6) is 0 Å². The van der Waals surface area contributed by atoms with Gasteiger partial charge in [-0.05, 0) is 38.5 Å². The van der Waals surface area contributed by atoms with Gasteiger partial charge in [-0.15, -0.1) is 0 Å². The van der Waals surface area contributed by atoms with Gasteiger partial charge in [0.25, 0.3) is 0 Å². The van der Waals surface area contributed by atoms with E-state index >= 15 is 0 Å². The molecule has 2 aliphatic rings. The first-order valence-corrected chi connectivity index (χ1v) is 5.66. The molecule has 80 valence electrons. The first-order chi connectivity index (χ1) is 6.68. The van der Waals surface area contributed by atoms with Gasteiger partial charge in [0.2, 0.25) is 0 Å². The van der Waals surface area contributed by atoms with Crippen molar-refractivity contribution in [2.45, 2.75) is 51.1 Å². The summed E-state index contributed by atoms with van der Waals surface area (Å²) in [5.41, 5.74) is 0. The Morgan fingerprint density at radius 3 is 2.50 bits per heavy atom. The molecule has 0 radical (unpaired) electrons. The van der Waals surface area contributed by atoms with Gasteiger partial charge in [0.05, 0.1) is 6.42 Å². The largest absolute Gasteiger partial charge is 0.481 e. The van der Waals surface area contributed by atoms with Crippen LogP contribution in [0, 0.1) is 5.92 Å². The molecule has 2 aliphatic carbocycles. The van der Waals surface area contributed by atoms with Crippen molar-refractivity contribution >= 4 is 5.97 Å². The van der Waals surface area contributed by atoms with Crippen LogP contribution in [0.2, 0.25) is 0 Å². The minimum Gasteiger partial charge on any atom is -0.481 e. The van der Waals surface area contributed by atoms with Gasteiger partial charge in [0, 0.05) is 18.6 Å². The van der Waals surface area contributed by atoms with E-state index in [4.69, 9.17) is 5.11 Å². The van der Waals surface area contributed by atoms with E-state index in [9.17, 15) is 4.79 Å². The number of hydrogen-bond acceptors (Lipinski definition) is 2. The number of rotatable bonds is 6. The molecule has 2 saturated carbocycles. The monoisotopic (exact) mass is 197 g/mol. The molecule has 1 atom stereocenters. The molecule has 0 aromatic heterocycles. The molecule has 3 heteroatoms. The van der Waals surface area contributed by atoms with Crippen molar-refractivity contribution in [2.75, 3.05) is 6.54 Å². The highest BCUT2D eigenvalue weighted by Crippen LogP contribution is 2.39. The van der Waals surface area contributed by atoms with Gasteiger partial charge in [0.1, 0.15) is 0 Å². The van der Waals surface area contributed by atoms with Crippen molar-refractivity contribution in [2.24, 2.45) is 5.92 Å². The topological polar surface area (TPSA) is 40.5 Å². The maximum atomic E-state index is 10.5. The number of hydrogen-bond donors (Lipinski definition) is 1. The van der Waals surface area contributed by atoms with E-state index in [1.54, 1.807) is 0 Å². The van der Waals surface area contributed by atoms with Crippen molar-refractivity contribution in [1.82, 2.24) is 4.90 Å². The normalized spacial score (nSPS) is 23.9. The van der Waals surface area contributed by atoms with Gasteiger partial charge in [-0.2, -0.15) is 0 Å². The average molecular weight is 197 g/mol. The molecule has 0 aliphatic heterocycles. The SMILES string of the molecule is CC(C1CC1)N(CCC(=O)O)C1CC1. The van der Waals surface area contributed by atoms with Crippen molar-refractivity contribution in [3.05, 3.63) is 0 Å². The molecule has 0 aromatic carbocycles. The van der Waals surface area contributed by atoms with E-state index in [1.165, 1.54) is 25.7 Å². The third-order valence-corrected chi connectivity index (χ3v) is 3.43. The lowest BCUT2D eigenvalue weighted by atomic mass is 10.1. The Bertz CT molecular complexity index is 221. The number of carbonyl (C=O) groups is 1. The van der Waals surface area contributed by atoms with Gasteiger partial charge >= 0.3 is 5.97 Å². The number of carboxylic acid groups (broad SMARTS) is 1.